The molecule has 0 aliphatic rings. The topological polar surface area (TPSA) is 37.3 Å². The summed E-state index contributed by atoms with van der Waals surface area (Å²) in [7, 11) is 0. The third-order valence-corrected chi connectivity index (χ3v) is 5.13. The van der Waals surface area contributed by atoms with Gasteiger partial charge in [0.2, 0.25) is 0 Å². The van der Waals surface area contributed by atoms with Gasteiger partial charge in [-0.25, -0.2) is 9.18 Å². The van der Waals surface area contributed by atoms with Crippen LogP contribution in [0.5, 0.6) is 0 Å². The zero-order chi connectivity index (χ0) is 13.1. The van der Waals surface area contributed by atoms with Gasteiger partial charge >= 0.3 is 5.97 Å². The lowest BCUT2D eigenvalue weighted by Crippen LogP contribution is -1.97. The molecular formula is C12H8BrFO2S2. The second-order valence-electron chi connectivity index (χ2n) is 3.47. The molecule has 0 radical (unpaired) electrons. The predicted molar refractivity (Wildman–Crippen MR) is 74.9 cm³/mol. The van der Waals surface area contributed by atoms with Crippen molar-refractivity contribution in [2.75, 3.05) is 0 Å². The van der Waals surface area contributed by atoms with Crippen LogP contribution in [0.15, 0.2) is 39.0 Å². The molecule has 1 aromatic carbocycles. The van der Waals surface area contributed by atoms with Crippen LogP contribution in [0.2, 0.25) is 0 Å². The van der Waals surface area contributed by atoms with Crippen LogP contribution in [0.3, 0.4) is 0 Å². The summed E-state index contributed by atoms with van der Waals surface area (Å²) in [6, 6.07) is 5.79. The van der Waals surface area contributed by atoms with Crippen molar-refractivity contribution < 1.29 is 14.3 Å². The minimum atomic E-state index is -1.05. The van der Waals surface area contributed by atoms with E-state index in [0.717, 1.165) is 9.35 Å². The van der Waals surface area contributed by atoms with Gasteiger partial charge in [0, 0.05) is 25.4 Å². The lowest BCUT2D eigenvalue weighted by atomic mass is 10.2. The van der Waals surface area contributed by atoms with E-state index in [9.17, 15) is 9.18 Å². The highest BCUT2D eigenvalue weighted by molar-refractivity contribution is 9.10. The first-order chi connectivity index (χ1) is 8.56. The molecular weight excluding hydrogens is 339 g/mol. The van der Waals surface area contributed by atoms with Gasteiger partial charge in [-0.3, -0.25) is 0 Å². The van der Waals surface area contributed by atoms with Crippen LogP contribution >= 0.6 is 39.0 Å². The van der Waals surface area contributed by atoms with Crippen molar-refractivity contribution in [3.8, 4) is 0 Å². The average molecular weight is 347 g/mol. The molecule has 0 aliphatic carbocycles. The molecule has 1 aromatic heterocycles. The molecule has 2 aromatic rings. The Morgan fingerprint density at radius 2 is 2.22 bits per heavy atom. The third-order valence-electron chi connectivity index (χ3n) is 2.17. The maximum atomic E-state index is 13.5. The summed E-state index contributed by atoms with van der Waals surface area (Å²) in [5.74, 6) is -0.813. The molecule has 0 aliphatic heterocycles. The van der Waals surface area contributed by atoms with Crippen LogP contribution < -0.4 is 0 Å². The van der Waals surface area contributed by atoms with Crippen molar-refractivity contribution >= 4 is 45.0 Å². The number of thiophene rings is 1. The maximum Gasteiger partial charge on any atom is 0.335 e. The summed E-state index contributed by atoms with van der Waals surface area (Å²) in [4.78, 5) is 12.3. The van der Waals surface area contributed by atoms with Gasteiger partial charge in [-0.1, -0.05) is 0 Å². The van der Waals surface area contributed by atoms with Crippen LogP contribution in [-0.4, -0.2) is 11.1 Å². The van der Waals surface area contributed by atoms with E-state index in [1.807, 2.05) is 11.4 Å². The van der Waals surface area contributed by atoms with E-state index < -0.39 is 5.97 Å². The monoisotopic (exact) mass is 346 g/mol. The number of carboxylic acids is 1. The number of thioether (sulfide) groups is 1. The van der Waals surface area contributed by atoms with E-state index in [4.69, 9.17) is 5.11 Å². The van der Waals surface area contributed by atoms with Gasteiger partial charge in [-0.15, -0.1) is 23.1 Å². The summed E-state index contributed by atoms with van der Waals surface area (Å²) in [6.07, 6.45) is 0. The summed E-state index contributed by atoms with van der Waals surface area (Å²) in [5.41, 5.74) is 0.103. The molecule has 1 heterocycles. The second kappa shape index (κ2) is 5.86. The van der Waals surface area contributed by atoms with Crippen molar-refractivity contribution in [2.24, 2.45) is 0 Å². The van der Waals surface area contributed by atoms with Crippen molar-refractivity contribution in [2.45, 2.75) is 10.6 Å². The number of hydrogen-bond donors (Lipinski definition) is 1. The quantitative estimate of drug-likeness (QED) is 0.819. The Kier molecular flexibility index (Phi) is 4.42. The van der Waals surface area contributed by atoms with Gasteiger partial charge in [-0.05, 0) is 40.2 Å². The van der Waals surface area contributed by atoms with Crippen LogP contribution in [-0.2, 0) is 5.75 Å². The minimum absolute atomic E-state index is 0.103. The van der Waals surface area contributed by atoms with Crippen molar-refractivity contribution in [1.29, 1.82) is 0 Å². The first-order valence-corrected chi connectivity index (χ1v) is 7.60. The highest BCUT2D eigenvalue weighted by atomic mass is 79.9. The van der Waals surface area contributed by atoms with Crippen LogP contribution in [0.1, 0.15) is 15.2 Å². The normalized spacial score (nSPS) is 10.6. The number of hydrogen-bond acceptors (Lipinski definition) is 3. The van der Waals surface area contributed by atoms with Crippen LogP contribution in [0.25, 0.3) is 0 Å². The molecule has 0 atom stereocenters. The second-order valence-corrected chi connectivity index (χ2v) is 6.40. The van der Waals surface area contributed by atoms with Crippen molar-refractivity contribution in [3.05, 3.63) is 50.4 Å². The Bertz CT molecular complexity index is 583. The van der Waals surface area contributed by atoms with Crippen molar-refractivity contribution in [1.82, 2.24) is 0 Å². The Morgan fingerprint density at radius 3 is 2.83 bits per heavy atom. The molecule has 2 rings (SSSR count). The summed E-state index contributed by atoms with van der Waals surface area (Å²) in [6.45, 7) is 0. The standard InChI is InChI=1S/C12H8BrFO2S2/c13-8-4-9(17-5-8)6-18-11-3-7(12(15)16)1-2-10(11)14/h1-5H,6H2,(H,15,16). The first kappa shape index (κ1) is 13.6. The highest BCUT2D eigenvalue weighted by Crippen LogP contribution is 2.30. The van der Waals surface area contributed by atoms with E-state index in [-0.39, 0.29) is 11.4 Å². The first-order valence-electron chi connectivity index (χ1n) is 4.95. The predicted octanol–water partition coefficient (Wildman–Crippen LogP) is 4.64. The minimum Gasteiger partial charge on any atom is -0.478 e. The maximum absolute atomic E-state index is 13.5. The number of carboxylic acid groups (broad SMARTS) is 1. The van der Waals surface area contributed by atoms with E-state index >= 15 is 0 Å². The summed E-state index contributed by atoms with van der Waals surface area (Å²) < 4.78 is 14.5. The Balaban J connectivity index is 2.13. The fourth-order valence-corrected chi connectivity index (χ4v) is 3.81. The molecule has 2 nitrogen and oxygen atoms in total. The third kappa shape index (κ3) is 3.34. The molecule has 0 bridgehead atoms. The summed E-state index contributed by atoms with van der Waals surface area (Å²) >= 11 is 6.23. The number of rotatable bonds is 4. The number of carbonyl (C=O) groups is 1. The van der Waals surface area contributed by atoms with Crippen LogP contribution in [0, 0.1) is 5.82 Å². The fraction of sp³-hybridized carbons (Fsp3) is 0.0833. The molecule has 18 heavy (non-hydrogen) atoms. The van der Waals surface area contributed by atoms with E-state index in [2.05, 4.69) is 15.9 Å². The molecule has 6 heteroatoms. The molecule has 0 amide bonds. The SMILES string of the molecule is O=C(O)c1ccc(F)c(SCc2cc(Br)cs2)c1. The summed E-state index contributed by atoms with van der Waals surface area (Å²) in [5, 5.41) is 10.8. The van der Waals surface area contributed by atoms with Gasteiger partial charge < -0.3 is 5.11 Å². The van der Waals surface area contributed by atoms with Crippen molar-refractivity contribution in [3.63, 3.8) is 0 Å². The molecule has 1 N–H and O–H groups in total. The van der Waals surface area contributed by atoms with Crippen LogP contribution in [0.4, 0.5) is 4.39 Å². The molecule has 0 saturated carbocycles. The number of benzene rings is 1. The zero-order valence-corrected chi connectivity index (χ0v) is 12.2. The van der Waals surface area contributed by atoms with Gasteiger partial charge in [-0.2, -0.15) is 0 Å². The van der Waals surface area contributed by atoms with Gasteiger partial charge in [0.1, 0.15) is 5.82 Å². The highest BCUT2D eigenvalue weighted by Gasteiger charge is 2.09. The fourth-order valence-electron chi connectivity index (χ4n) is 1.33. The number of halogens is 2. The molecule has 94 valence electrons. The molecule has 0 unspecified atom stereocenters. The van der Waals surface area contributed by atoms with E-state index in [1.165, 1.54) is 30.0 Å². The Morgan fingerprint density at radius 1 is 1.44 bits per heavy atom. The number of aromatic carboxylic acids is 1. The molecule has 0 saturated heterocycles. The average Bonchev–Trinajstić information content (AvgIpc) is 2.74. The lowest BCUT2D eigenvalue weighted by molar-refractivity contribution is 0.0696. The van der Waals surface area contributed by atoms with Gasteiger partial charge in [0.15, 0.2) is 0 Å². The van der Waals surface area contributed by atoms with Gasteiger partial charge in [0.25, 0.3) is 0 Å². The van der Waals surface area contributed by atoms with E-state index in [0.29, 0.717) is 10.6 Å². The lowest BCUT2D eigenvalue weighted by Gasteiger charge is -2.03. The Hall–Kier alpha value is -0.850. The molecule has 0 fully saturated rings. The Labute approximate surface area is 120 Å². The zero-order valence-electron chi connectivity index (χ0n) is 9.02. The smallest absolute Gasteiger partial charge is 0.335 e. The van der Waals surface area contributed by atoms with E-state index in [1.54, 1.807) is 11.3 Å². The van der Waals surface area contributed by atoms with Gasteiger partial charge in [0.05, 0.1) is 5.56 Å². The largest absolute Gasteiger partial charge is 0.478 e. The molecule has 0 spiro atoms.